The van der Waals surface area contributed by atoms with Crippen molar-refractivity contribution in [2.45, 2.75) is 25.2 Å². The number of rotatable bonds is 5. The maximum absolute atomic E-state index is 12.5. The Labute approximate surface area is 178 Å². The van der Waals surface area contributed by atoms with Crippen molar-refractivity contribution in [1.29, 1.82) is 0 Å². The molecule has 5 rings (SSSR count). The molecule has 0 radical (unpaired) electrons. The maximum atomic E-state index is 12.5. The molecule has 2 aromatic carbocycles. The van der Waals surface area contributed by atoms with E-state index in [1.54, 1.807) is 0 Å². The topological polar surface area (TPSA) is 42.0 Å². The van der Waals surface area contributed by atoms with Crippen molar-refractivity contribution in [3.05, 3.63) is 82.6 Å². The Morgan fingerprint density at radius 3 is 2.41 bits per heavy atom. The quantitative estimate of drug-likeness (QED) is 0.378. The molecule has 0 bridgehead atoms. The van der Waals surface area contributed by atoms with Crippen LogP contribution in [-0.2, 0) is 0 Å². The molecule has 0 aliphatic heterocycles. The lowest BCUT2D eigenvalue weighted by Crippen LogP contribution is -2.10. The van der Waals surface area contributed by atoms with Crippen LogP contribution in [0.3, 0.4) is 0 Å². The summed E-state index contributed by atoms with van der Waals surface area (Å²) >= 11 is 3.03. The third kappa shape index (κ3) is 3.76. The predicted octanol–water partition coefficient (Wildman–Crippen LogP) is 7.06. The van der Waals surface area contributed by atoms with Crippen LogP contribution in [0.15, 0.2) is 71.4 Å². The van der Waals surface area contributed by atoms with E-state index in [1.807, 2.05) is 35.0 Å². The number of nitrogens with zero attached hydrogens (tertiary/aromatic N) is 1. The minimum absolute atomic E-state index is 0.119. The Morgan fingerprint density at radius 2 is 1.76 bits per heavy atom. The fourth-order valence-corrected chi connectivity index (χ4v) is 5.20. The van der Waals surface area contributed by atoms with Crippen LogP contribution in [-0.4, -0.2) is 10.9 Å². The van der Waals surface area contributed by atoms with Crippen molar-refractivity contribution in [2.24, 2.45) is 0 Å². The summed E-state index contributed by atoms with van der Waals surface area (Å²) in [5, 5.41) is 7.34. The molecule has 1 saturated carbocycles. The first kappa shape index (κ1) is 18.3. The van der Waals surface area contributed by atoms with E-state index < -0.39 is 0 Å². The van der Waals surface area contributed by atoms with Gasteiger partial charge in [-0.2, -0.15) is 11.3 Å². The lowest BCUT2D eigenvalue weighted by molar-refractivity contribution is 0.102. The Morgan fingerprint density at radius 1 is 0.966 bits per heavy atom. The van der Waals surface area contributed by atoms with E-state index in [-0.39, 0.29) is 5.91 Å². The molecule has 29 heavy (non-hydrogen) atoms. The van der Waals surface area contributed by atoms with Crippen LogP contribution in [0.1, 0.15) is 41.1 Å². The smallest absolute Gasteiger partial charge is 0.258 e. The molecule has 4 aromatic rings. The predicted molar refractivity (Wildman–Crippen MR) is 122 cm³/mol. The van der Waals surface area contributed by atoms with E-state index >= 15 is 0 Å². The summed E-state index contributed by atoms with van der Waals surface area (Å²) in [6.07, 6.45) is 3.93. The minimum Gasteiger partial charge on any atom is -0.298 e. The summed E-state index contributed by atoms with van der Waals surface area (Å²) in [4.78, 5) is 18.4. The van der Waals surface area contributed by atoms with Gasteiger partial charge in [0.25, 0.3) is 5.91 Å². The number of amides is 1. The molecule has 1 amide bonds. The molecular weight excluding hydrogens is 396 g/mol. The zero-order valence-corrected chi connectivity index (χ0v) is 17.4. The van der Waals surface area contributed by atoms with E-state index in [2.05, 4.69) is 41.7 Å². The first-order chi connectivity index (χ1) is 14.3. The van der Waals surface area contributed by atoms with Crippen molar-refractivity contribution in [1.82, 2.24) is 4.98 Å². The van der Waals surface area contributed by atoms with Gasteiger partial charge < -0.3 is 0 Å². The van der Waals surface area contributed by atoms with Gasteiger partial charge in [-0.05, 0) is 41.3 Å². The van der Waals surface area contributed by atoms with E-state index in [4.69, 9.17) is 4.98 Å². The normalized spacial score (nSPS) is 13.8. The van der Waals surface area contributed by atoms with Gasteiger partial charge in [-0.3, -0.25) is 10.1 Å². The molecule has 2 aromatic heterocycles. The van der Waals surface area contributed by atoms with Crippen LogP contribution in [0.25, 0.3) is 21.7 Å². The van der Waals surface area contributed by atoms with Crippen molar-refractivity contribution in [3.63, 3.8) is 0 Å². The first-order valence-corrected chi connectivity index (χ1v) is 11.5. The number of carbonyl (C=O) groups is 1. The highest BCUT2D eigenvalue weighted by molar-refractivity contribution is 7.19. The van der Waals surface area contributed by atoms with Gasteiger partial charge in [0.2, 0.25) is 0 Å². The number of anilines is 1. The Kier molecular flexibility index (Phi) is 5.00. The van der Waals surface area contributed by atoms with Gasteiger partial charge in [-0.15, -0.1) is 0 Å². The molecule has 144 valence electrons. The number of carbonyl (C=O) groups excluding carboxylic acids is 1. The van der Waals surface area contributed by atoms with Gasteiger partial charge in [0.1, 0.15) is 0 Å². The molecule has 0 saturated heterocycles. The highest BCUT2D eigenvalue weighted by Crippen LogP contribution is 2.41. The molecule has 1 aliphatic carbocycles. The van der Waals surface area contributed by atoms with Crippen LogP contribution in [0, 0.1) is 0 Å². The van der Waals surface area contributed by atoms with Crippen LogP contribution in [0.4, 0.5) is 5.13 Å². The SMILES string of the molecule is O=C(Nc1nc(-c2ccc(C3CCC3)cc2)c(-c2ccccc2)s1)c1ccsc1. The van der Waals surface area contributed by atoms with Crippen molar-refractivity contribution >= 4 is 33.7 Å². The molecule has 1 aliphatic rings. The average molecular weight is 417 g/mol. The molecule has 1 N–H and O–H groups in total. The number of hydrogen-bond donors (Lipinski definition) is 1. The van der Waals surface area contributed by atoms with Crippen molar-refractivity contribution in [2.75, 3.05) is 5.32 Å². The number of nitrogens with one attached hydrogen (secondary N) is 1. The van der Waals surface area contributed by atoms with Crippen LogP contribution in [0.5, 0.6) is 0 Å². The minimum atomic E-state index is -0.119. The zero-order valence-electron chi connectivity index (χ0n) is 15.8. The summed E-state index contributed by atoms with van der Waals surface area (Å²) in [5.74, 6) is 0.597. The highest BCUT2D eigenvalue weighted by atomic mass is 32.1. The molecule has 0 unspecified atom stereocenters. The molecule has 5 heteroatoms. The molecule has 0 atom stereocenters. The summed E-state index contributed by atoms with van der Waals surface area (Å²) in [7, 11) is 0. The Balaban J connectivity index is 1.50. The summed E-state index contributed by atoms with van der Waals surface area (Å²) in [6.45, 7) is 0. The summed E-state index contributed by atoms with van der Waals surface area (Å²) in [6, 6.07) is 20.9. The number of aromatic nitrogens is 1. The second kappa shape index (κ2) is 7.93. The fraction of sp³-hybridized carbons (Fsp3) is 0.167. The van der Waals surface area contributed by atoms with Crippen LogP contribution in [0.2, 0.25) is 0 Å². The van der Waals surface area contributed by atoms with Gasteiger partial charge in [-0.25, -0.2) is 4.98 Å². The number of thiazole rings is 1. The van der Waals surface area contributed by atoms with E-state index in [9.17, 15) is 4.79 Å². The average Bonchev–Trinajstić information content (AvgIpc) is 3.38. The summed E-state index contributed by atoms with van der Waals surface area (Å²) in [5.41, 5.74) is 5.20. The first-order valence-electron chi connectivity index (χ1n) is 9.78. The summed E-state index contributed by atoms with van der Waals surface area (Å²) < 4.78 is 0. The standard InChI is InChI=1S/C24H20N2OS2/c27-23(20-13-14-28-15-20)26-24-25-21(22(29-24)19-5-2-1-3-6-19)18-11-9-17(10-12-18)16-7-4-8-16/h1-3,5-6,9-16H,4,7-8H2,(H,25,26,27). The van der Waals surface area contributed by atoms with Gasteiger partial charge >= 0.3 is 0 Å². The third-order valence-electron chi connectivity index (χ3n) is 5.43. The number of hydrogen-bond acceptors (Lipinski definition) is 4. The van der Waals surface area contributed by atoms with Crippen molar-refractivity contribution in [3.8, 4) is 21.7 Å². The van der Waals surface area contributed by atoms with Crippen LogP contribution >= 0.6 is 22.7 Å². The number of thiophene rings is 1. The second-order valence-electron chi connectivity index (χ2n) is 7.28. The lowest BCUT2D eigenvalue weighted by Gasteiger charge is -2.25. The van der Waals surface area contributed by atoms with Gasteiger partial charge in [-0.1, -0.05) is 72.4 Å². The van der Waals surface area contributed by atoms with E-state index in [0.717, 1.165) is 21.7 Å². The molecular formula is C24H20N2OS2. The van der Waals surface area contributed by atoms with E-state index in [1.165, 1.54) is 47.5 Å². The number of benzene rings is 2. The second-order valence-corrected chi connectivity index (χ2v) is 9.06. The molecule has 3 nitrogen and oxygen atoms in total. The fourth-order valence-electron chi connectivity index (χ4n) is 3.57. The lowest BCUT2D eigenvalue weighted by atomic mass is 9.80. The molecule has 1 fully saturated rings. The van der Waals surface area contributed by atoms with E-state index in [0.29, 0.717) is 16.6 Å². The van der Waals surface area contributed by atoms with Gasteiger partial charge in [0, 0.05) is 10.9 Å². The Hall–Kier alpha value is -2.76. The maximum Gasteiger partial charge on any atom is 0.258 e. The molecule has 2 heterocycles. The van der Waals surface area contributed by atoms with Gasteiger partial charge in [0.15, 0.2) is 5.13 Å². The highest BCUT2D eigenvalue weighted by Gasteiger charge is 2.21. The monoisotopic (exact) mass is 416 g/mol. The molecule has 0 spiro atoms. The van der Waals surface area contributed by atoms with Crippen LogP contribution < -0.4 is 5.32 Å². The zero-order chi connectivity index (χ0) is 19.6. The third-order valence-corrected chi connectivity index (χ3v) is 7.13. The van der Waals surface area contributed by atoms with Gasteiger partial charge in [0.05, 0.1) is 16.1 Å². The Bertz CT molecular complexity index is 1110. The van der Waals surface area contributed by atoms with Crippen molar-refractivity contribution < 1.29 is 4.79 Å². The largest absolute Gasteiger partial charge is 0.298 e.